The molecule has 0 bridgehead atoms. The van der Waals surface area contributed by atoms with E-state index in [1.54, 1.807) is 0 Å². The number of halogens is 3. The van der Waals surface area contributed by atoms with Crippen LogP contribution in [-0.2, 0) is 12.7 Å². The van der Waals surface area contributed by atoms with Gasteiger partial charge < -0.3 is 10.6 Å². The summed E-state index contributed by atoms with van der Waals surface area (Å²) in [5.74, 6) is 0.185. The molecule has 0 saturated heterocycles. The van der Waals surface area contributed by atoms with Gasteiger partial charge in [0.05, 0.1) is 0 Å². The molecule has 3 rings (SSSR count). The van der Waals surface area contributed by atoms with Crippen LogP contribution in [0.4, 0.5) is 24.9 Å². The number of aromatic nitrogens is 2. The maximum atomic E-state index is 13.0. The molecule has 7 heteroatoms. The van der Waals surface area contributed by atoms with Gasteiger partial charge >= 0.3 is 6.18 Å². The van der Waals surface area contributed by atoms with Gasteiger partial charge in [0.15, 0.2) is 5.69 Å². The van der Waals surface area contributed by atoms with Crippen molar-refractivity contribution in [2.24, 2.45) is 0 Å². The van der Waals surface area contributed by atoms with Gasteiger partial charge in [0.25, 0.3) is 0 Å². The first-order valence-electron chi connectivity index (χ1n) is 7.42. The summed E-state index contributed by atoms with van der Waals surface area (Å²) in [7, 11) is 0. The molecule has 122 valence electrons. The van der Waals surface area contributed by atoms with Crippen LogP contribution < -0.4 is 10.6 Å². The molecular weight excluding hydrogens is 305 g/mol. The Kier molecular flexibility index (Phi) is 4.11. The summed E-state index contributed by atoms with van der Waals surface area (Å²) in [6, 6.07) is 8.89. The van der Waals surface area contributed by atoms with Crippen LogP contribution in [0.1, 0.15) is 29.7 Å². The topological polar surface area (TPSA) is 49.8 Å². The lowest BCUT2D eigenvalue weighted by molar-refractivity contribution is -0.141. The molecule has 4 nitrogen and oxygen atoms in total. The molecule has 1 fully saturated rings. The first-order chi connectivity index (χ1) is 10.9. The summed E-state index contributed by atoms with van der Waals surface area (Å²) in [4.78, 5) is 7.69. The monoisotopic (exact) mass is 322 g/mol. The summed E-state index contributed by atoms with van der Waals surface area (Å²) in [5, 5.41) is 5.85. The minimum Gasteiger partial charge on any atom is -0.366 e. The van der Waals surface area contributed by atoms with Gasteiger partial charge in [-0.15, -0.1) is 0 Å². The summed E-state index contributed by atoms with van der Waals surface area (Å²) >= 11 is 0. The Morgan fingerprint density at radius 2 is 1.83 bits per heavy atom. The van der Waals surface area contributed by atoms with Gasteiger partial charge in [-0.3, -0.25) is 0 Å². The third kappa shape index (κ3) is 4.34. The molecule has 2 aromatic rings. The van der Waals surface area contributed by atoms with Crippen LogP contribution in [0.25, 0.3) is 0 Å². The summed E-state index contributed by atoms with van der Waals surface area (Å²) in [6.07, 6.45) is -2.62. The van der Waals surface area contributed by atoms with E-state index in [2.05, 4.69) is 20.6 Å². The highest BCUT2D eigenvalue weighted by atomic mass is 19.4. The lowest BCUT2D eigenvalue weighted by Crippen LogP contribution is -2.15. The van der Waals surface area contributed by atoms with E-state index in [4.69, 9.17) is 0 Å². The highest BCUT2D eigenvalue weighted by Gasteiger charge is 2.34. The molecule has 23 heavy (non-hydrogen) atoms. The molecule has 0 unspecified atom stereocenters. The number of benzene rings is 1. The van der Waals surface area contributed by atoms with Crippen LogP contribution in [0.15, 0.2) is 30.3 Å². The van der Waals surface area contributed by atoms with Crippen molar-refractivity contribution in [1.29, 1.82) is 0 Å². The molecule has 0 amide bonds. The molecule has 0 spiro atoms. The number of hydrogen-bond acceptors (Lipinski definition) is 4. The number of nitrogens with zero attached hydrogens (tertiary/aromatic N) is 2. The van der Waals surface area contributed by atoms with E-state index in [0.717, 1.165) is 30.0 Å². The standard InChI is InChI=1S/C16H17F3N4/c1-10-2-4-11(5-3-10)9-20-14-8-13(16(17,18)19)22-15(23-14)21-12-6-7-12/h2-5,8,12H,6-7,9H2,1H3,(H2,20,21,22,23). The lowest BCUT2D eigenvalue weighted by atomic mass is 10.1. The van der Waals surface area contributed by atoms with Crippen molar-refractivity contribution in [2.45, 2.75) is 38.5 Å². The molecule has 1 aromatic carbocycles. The predicted molar refractivity (Wildman–Crippen MR) is 82.2 cm³/mol. The summed E-state index contributed by atoms with van der Waals surface area (Å²) < 4.78 is 38.9. The third-order valence-electron chi connectivity index (χ3n) is 3.52. The molecule has 0 atom stereocenters. The quantitative estimate of drug-likeness (QED) is 0.874. The number of anilines is 2. The van der Waals surface area contributed by atoms with Crippen LogP contribution in [0.3, 0.4) is 0 Å². The highest BCUT2D eigenvalue weighted by Crippen LogP contribution is 2.31. The third-order valence-corrected chi connectivity index (χ3v) is 3.52. The van der Waals surface area contributed by atoms with Crippen molar-refractivity contribution < 1.29 is 13.2 Å². The minimum absolute atomic E-state index is 0.0220. The van der Waals surface area contributed by atoms with Gasteiger partial charge in [-0.05, 0) is 25.3 Å². The number of hydrogen-bond donors (Lipinski definition) is 2. The first-order valence-corrected chi connectivity index (χ1v) is 7.42. The van der Waals surface area contributed by atoms with E-state index in [0.29, 0.717) is 6.54 Å². The molecule has 1 aliphatic rings. The Morgan fingerprint density at radius 3 is 2.43 bits per heavy atom. The summed E-state index contributed by atoms with van der Waals surface area (Å²) in [5.41, 5.74) is 1.16. The smallest absolute Gasteiger partial charge is 0.366 e. The van der Waals surface area contributed by atoms with Crippen molar-refractivity contribution in [3.63, 3.8) is 0 Å². The van der Waals surface area contributed by atoms with Crippen LogP contribution in [0.2, 0.25) is 0 Å². The fraction of sp³-hybridized carbons (Fsp3) is 0.375. The average Bonchev–Trinajstić information content (AvgIpc) is 3.29. The van der Waals surface area contributed by atoms with Crippen LogP contribution in [0, 0.1) is 6.92 Å². The van der Waals surface area contributed by atoms with Crippen LogP contribution in [-0.4, -0.2) is 16.0 Å². The van der Waals surface area contributed by atoms with Crippen LogP contribution >= 0.6 is 0 Å². The maximum Gasteiger partial charge on any atom is 0.433 e. The zero-order valence-corrected chi connectivity index (χ0v) is 12.6. The minimum atomic E-state index is -4.50. The Labute approximate surface area is 132 Å². The zero-order chi connectivity index (χ0) is 16.4. The molecule has 1 saturated carbocycles. The molecule has 1 aliphatic carbocycles. The van der Waals surface area contributed by atoms with E-state index in [1.165, 1.54) is 0 Å². The second-order valence-electron chi connectivity index (χ2n) is 5.72. The molecule has 1 heterocycles. The maximum absolute atomic E-state index is 13.0. The second kappa shape index (κ2) is 6.06. The van der Waals surface area contributed by atoms with Crippen molar-refractivity contribution in [3.8, 4) is 0 Å². The van der Waals surface area contributed by atoms with Gasteiger partial charge in [0.1, 0.15) is 5.82 Å². The number of alkyl halides is 3. The van der Waals surface area contributed by atoms with E-state index in [-0.39, 0.29) is 17.8 Å². The van der Waals surface area contributed by atoms with Gasteiger partial charge in [-0.1, -0.05) is 29.8 Å². The van der Waals surface area contributed by atoms with E-state index in [9.17, 15) is 13.2 Å². The van der Waals surface area contributed by atoms with E-state index >= 15 is 0 Å². The normalized spacial score (nSPS) is 14.6. The molecule has 2 N–H and O–H groups in total. The number of nitrogens with one attached hydrogen (secondary N) is 2. The second-order valence-corrected chi connectivity index (χ2v) is 5.72. The fourth-order valence-corrected chi connectivity index (χ4v) is 2.06. The fourth-order valence-electron chi connectivity index (χ4n) is 2.06. The Balaban J connectivity index is 1.77. The van der Waals surface area contributed by atoms with Crippen LogP contribution in [0.5, 0.6) is 0 Å². The zero-order valence-electron chi connectivity index (χ0n) is 12.6. The van der Waals surface area contributed by atoms with E-state index < -0.39 is 11.9 Å². The van der Waals surface area contributed by atoms with Crippen molar-refractivity contribution >= 4 is 11.8 Å². The molecule has 1 aromatic heterocycles. The number of rotatable bonds is 5. The van der Waals surface area contributed by atoms with Gasteiger partial charge in [-0.25, -0.2) is 4.98 Å². The average molecular weight is 322 g/mol. The Hall–Kier alpha value is -2.31. The summed E-state index contributed by atoms with van der Waals surface area (Å²) in [6.45, 7) is 2.38. The Bertz CT molecular complexity index is 679. The van der Waals surface area contributed by atoms with Crippen molar-refractivity contribution in [2.75, 3.05) is 10.6 Å². The number of aryl methyl sites for hydroxylation is 1. The van der Waals surface area contributed by atoms with Crippen molar-refractivity contribution in [1.82, 2.24) is 9.97 Å². The van der Waals surface area contributed by atoms with Gasteiger partial charge in [0.2, 0.25) is 5.95 Å². The van der Waals surface area contributed by atoms with Gasteiger partial charge in [-0.2, -0.15) is 18.2 Å². The lowest BCUT2D eigenvalue weighted by Gasteiger charge is -2.12. The highest BCUT2D eigenvalue weighted by molar-refractivity contribution is 5.44. The molecule has 0 radical (unpaired) electrons. The predicted octanol–water partition coefficient (Wildman–Crippen LogP) is 3.99. The SMILES string of the molecule is Cc1ccc(CNc2cc(C(F)(F)F)nc(NC3CC3)n2)cc1. The Morgan fingerprint density at radius 1 is 1.13 bits per heavy atom. The van der Waals surface area contributed by atoms with E-state index in [1.807, 2.05) is 31.2 Å². The largest absolute Gasteiger partial charge is 0.433 e. The van der Waals surface area contributed by atoms with Crippen molar-refractivity contribution in [3.05, 3.63) is 47.2 Å². The molecular formula is C16H17F3N4. The first kappa shape index (κ1) is 15.6. The molecule has 0 aliphatic heterocycles. The van der Waals surface area contributed by atoms with Gasteiger partial charge in [0, 0.05) is 18.7 Å².